The van der Waals surface area contributed by atoms with Crippen LogP contribution in [0.4, 0.5) is 11.5 Å². The monoisotopic (exact) mass is 266 g/mol. The van der Waals surface area contributed by atoms with Gasteiger partial charge in [0.2, 0.25) is 5.88 Å². The van der Waals surface area contributed by atoms with Gasteiger partial charge in [-0.15, -0.1) is 0 Å². The van der Waals surface area contributed by atoms with Crippen molar-refractivity contribution in [2.24, 2.45) is 5.92 Å². The van der Waals surface area contributed by atoms with E-state index in [-0.39, 0.29) is 6.10 Å². The van der Waals surface area contributed by atoms with Crippen molar-refractivity contribution in [2.45, 2.75) is 32.8 Å². The maximum atomic E-state index is 6.00. The summed E-state index contributed by atoms with van der Waals surface area (Å²) < 4.78 is 11.1. The van der Waals surface area contributed by atoms with E-state index in [9.17, 15) is 0 Å². The highest BCUT2D eigenvalue weighted by molar-refractivity contribution is 5.66. The van der Waals surface area contributed by atoms with E-state index in [1.807, 2.05) is 0 Å². The zero-order valence-corrected chi connectivity index (χ0v) is 11.6. The van der Waals surface area contributed by atoms with Crippen LogP contribution in [0.25, 0.3) is 0 Å². The third kappa shape index (κ3) is 3.96. The molecule has 0 saturated carbocycles. The van der Waals surface area contributed by atoms with Gasteiger partial charge in [0, 0.05) is 13.2 Å². The minimum atomic E-state index is 0.245. The Morgan fingerprint density at radius 1 is 1.53 bits per heavy atom. The van der Waals surface area contributed by atoms with E-state index in [1.165, 1.54) is 6.33 Å². The van der Waals surface area contributed by atoms with Gasteiger partial charge in [0.25, 0.3) is 0 Å². The Kier molecular flexibility index (Phi) is 4.79. The van der Waals surface area contributed by atoms with E-state index in [0.717, 1.165) is 19.4 Å². The molecule has 19 heavy (non-hydrogen) atoms. The van der Waals surface area contributed by atoms with Gasteiger partial charge >= 0.3 is 0 Å². The molecule has 1 aliphatic heterocycles. The molecule has 1 aromatic rings. The van der Waals surface area contributed by atoms with Gasteiger partial charge in [0.05, 0.1) is 12.7 Å². The summed E-state index contributed by atoms with van der Waals surface area (Å²) in [5, 5.41) is 3.20. The molecular weight excluding hydrogens is 244 g/mol. The first-order valence-electron chi connectivity index (χ1n) is 6.75. The van der Waals surface area contributed by atoms with E-state index in [2.05, 4.69) is 29.1 Å². The highest BCUT2D eigenvalue weighted by atomic mass is 16.5. The van der Waals surface area contributed by atoms with Crippen LogP contribution >= 0.6 is 0 Å². The van der Waals surface area contributed by atoms with Crippen molar-refractivity contribution < 1.29 is 9.47 Å². The molecule has 1 aromatic heterocycles. The van der Waals surface area contributed by atoms with Crippen molar-refractivity contribution in [3.05, 3.63) is 6.33 Å². The maximum Gasteiger partial charge on any atom is 0.242 e. The Hall–Kier alpha value is -1.56. The van der Waals surface area contributed by atoms with Gasteiger partial charge in [0.1, 0.15) is 12.0 Å². The summed E-state index contributed by atoms with van der Waals surface area (Å²) in [4.78, 5) is 8.21. The van der Waals surface area contributed by atoms with Crippen LogP contribution in [0, 0.1) is 5.92 Å². The van der Waals surface area contributed by atoms with Gasteiger partial charge in [-0.1, -0.05) is 13.8 Å². The molecule has 1 saturated heterocycles. The van der Waals surface area contributed by atoms with Gasteiger partial charge in [0.15, 0.2) is 5.82 Å². The molecule has 0 radical (unpaired) electrons. The Morgan fingerprint density at radius 3 is 3.05 bits per heavy atom. The summed E-state index contributed by atoms with van der Waals surface area (Å²) >= 11 is 0. The molecule has 1 atom stereocenters. The molecule has 106 valence electrons. The van der Waals surface area contributed by atoms with Crippen LogP contribution in [-0.4, -0.2) is 35.8 Å². The molecule has 1 fully saturated rings. The molecule has 1 aliphatic rings. The first-order chi connectivity index (χ1) is 9.16. The third-order valence-corrected chi connectivity index (χ3v) is 2.92. The number of hydrogen-bond donors (Lipinski definition) is 2. The van der Waals surface area contributed by atoms with Gasteiger partial charge in [-0.2, -0.15) is 4.98 Å². The van der Waals surface area contributed by atoms with E-state index in [4.69, 9.17) is 15.2 Å². The average Bonchev–Trinajstić information content (AvgIpc) is 2.89. The predicted octanol–water partition coefficient (Wildman–Crippen LogP) is 1.68. The highest BCUT2D eigenvalue weighted by Crippen LogP contribution is 2.25. The van der Waals surface area contributed by atoms with Crippen LogP contribution in [0.15, 0.2) is 6.33 Å². The quantitative estimate of drug-likeness (QED) is 0.815. The van der Waals surface area contributed by atoms with Crippen molar-refractivity contribution in [3.63, 3.8) is 0 Å². The standard InChI is InChI=1S/C13H22N4O2/c1-9(2)7-19-13-11(14)12(16-8-17-13)15-6-10-4-3-5-18-10/h8-10H,3-7,14H2,1-2H3,(H,15,16,17). The summed E-state index contributed by atoms with van der Waals surface area (Å²) in [5.74, 6) is 1.49. The molecule has 0 spiro atoms. The Labute approximate surface area is 113 Å². The molecule has 6 nitrogen and oxygen atoms in total. The molecule has 2 rings (SSSR count). The second-order valence-electron chi connectivity index (χ2n) is 5.16. The number of nitrogens with one attached hydrogen (secondary N) is 1. The van der Waals surface area contributed by atoms with Crippen LogP contribution in [0.5, 0.6) is 5.88 Å². The first kappa shape index (κ1) is 13.9. The third-order valence-electron chi connectivity index (χ3n) is 2.92. The Bertz CT molecular complexity index is 406. The van der Waals surface area contributed by atoms with Crippen LogP contribution in [0.2, 0.25) is 0 Å². The number of nitrogens with two attached hydrogens (primary N) is 1. The van der Waals surface area contributed by atoms with Crippen LogP contribution in [-0.2, 0) is 4.74 Å². The second-order valence-corrected chi connectivity index (χ2v) is 5.16. The zero-order valence-electron chi connectivity index (χ0n) is 11.6. The summed E-state index contributed by atoms with van der Waals surface area (Å²) in [6, 6.07) is 0. The normalized spacial score (nSPS) is 18.8. The van der Waals surface area contributed by atoms with E-state index < -0.39 is 0 Å². The van der Waals surface area contributed by atoms with Crippen molar-refractivity contribution in [3.8, 4) is 5.88 Å². The predicted molar refractivity (Wildman–Crippen MR) is 74.2 cm³/mol. The van der Waals surface area contributed by atoms with Crippen molar-refractivity contribution in [1.82, 2.24) is 9.97 Å². The van der Waals surface area contributed by atoms with Crippen LogP contribution in [0.1, 0.15) is 26.7 Å². The summed E-state index contributed by atoms with van der Waals surface area (Å²) in [6.45, 7) is 6.30. The van der Waals surface area contributed by atoms with Crippen molar-refractivity contribution in [1.29, 1.82) is 0 Å². The summed E-state index contributed by atoms with van der Waals surface area (Å²) in [5.41, 5.74) is 6.46. The number of anilines is 2. The minimum Gasteiger partial charge on any atom is -0.476 e. The van der Waals surface area contributed by atoms with E-state index in [0.29, 0.717) is 36.5 Å². The van der Waals surface area contributed by atoms with Crippen LogP contribution in [0.3, 0.4) is 0 Å². The fraction of sp³-hybridized carbons (Fsp3) is 0.692. The molecule has 0 aromatic carbocycles. The van der Waals surface area contributed by atoms with Gasteiger partial charge in [-0.3, -0.25) is 0 Å². The first-order valence-corrected chi connectivity index (χ1v) is 6.75. The highest BCUT2D eigenvalue weighted by Gasteiger charge is 2.16. The number of nitrogens with zero attached hydrogens (tertiary/aromatic N) is 2. The summed E-state index contributed by atoms with van der Waals surface area (Å²) in [7, 11) is 0. The van der Waals surface area contributed by atoms with E-state index >= 15 is 0 Å². The fourth-order valence-corrected chi connectivity index (χ4v) is 1.90. The number of aromatic nitrogens is 2. The SMILES string of the molecule is CC(C)COc1ncnc(NCC2CCCO2)c1N. The summed E-state index contributed by atoms with van der Waals surface area (Å²) in [6.07, 6.45) is 3.90. The number of ether oxygens (including phenoxy) is 2. The van der Waals surface area contributed by atoms with Crippen LogP contribution < -0.4 is 15.8 Å². The van der Waals surface area contributed by atoms with Crippen molar-refractivity contribution in [2.75, 3.05) is 30.8 Å². The molecule has 0 bridgehead atoms. The Morgan fingerprint density at radius 2 is 2.37 bits per heavy atom. The zero-order chi connectivity index (χ0) is 13.7. The number of rotatable bonds is 6. The lowest BCUT2D eigenvalue weighted by atomic mass is 10.2. The van der Waals surface area contributed by atoms with Crippen molar-refractivity contribution >= 4 is 11.5 Å². The molecule has 1 unspecified atom stereocenters. The minimum absolute atomic E-state index is 0.245. The molecule has 3 N–H and O–H groups in total. The lowest BCUT2D eigenvalue weighted by Gasteiger charge is -2.15. The number of hydrogen-bond acceptors (Lipinski definition) is 6. The van der Waals surface area contributed by atoms with Gasteiger partial charge in [-0.25, -0.2) is 4.98 Å². The topological polar surface area (TPSA) is 82.3 Å². The molecule has 0 amide bonds. The average molecular weight is 266 g/mol. The maximum absolute atomic E-state index is 6.00. The molecule has 2 heterocycles. The number of nitrogen functional groups attached to an aromatic ring is 1. The van der Waals surface area contributed by atoms with Gasteiger partial charge < -0.3 is 20.5 Å². The van der Waals surface area contributed by atoms with E-state index in [1.54, 1.807) is 0 Å². The lowest BCUT2D eigenvalue weighted by Crippen LogP contribution is -2.20. The molecule has 6 heteroatoms. The lowest BCUT2D eigenvalue weighted by molar-refractivity contribution is 0.120. The Balaban J connectivity index is 1.94. The smallest absolute Gasteiger partial charge is 0.242 e. The molecule has 0 aliphatic carbocycles. The fourth-order valence-electron chi connectivity index (χ4n) is 1.90. The largest absolute Gasteiger partial charge is 0.476 e. The molecular formula is C13H22N4O2. The van der Waals surface area contributed by atoms with Gasteiger partial charge in [-0.05, 0) is 18.8 Å². The second kappa shape index (κ2) is 6.56.